The van der Waals surface area contributed by atoms with Crippen molar-refractivity contribution in [3.05, 3.63) is 40.7 Å². The van der Waals surface area contributed by atoms with Crippen molar-refractivity contribution in [1.82, 2.24) is 14.1 Å². The minimum Gasteiger partial charge on any atom is -0.379 e. The molecule has 0 spiro atoms. The summed E-state index contributed by atoms with van der Waals surface area (Å²) in [7, 11) is -3.69. The number of carbonyl (C=O) groups excluding carboxylic acids is 1. The van der Waals surface area contributed by atoms with Crippen LogP contribution in [-0.4, -0.2) is 54.7 Å². The molecule has 1 aliphatic heterocycles. The standard InChI is InChI=1S/C20H22ClF3N4O4S/c1-12(28-17(13-2-3-13)16(21)18(26-28)20(22,23)24)19(29)25-14-4-6-15(7-5-14)33(30,31)27-8-10-32-11-9-27/h4-7,12-13H,2-3,8-11H2,1H3,(H,25,29). The number of hydrogen-bond donors (Lipinski definition) is 1. The number of ether oxygens (including phenoxy) is 1. The van der Waals surface area contributed by atoms with Crippen molar-refractivity contribution >= 4 is 33.2 Å². The van der Waals surface area contributed by atoms with Crippen LogP contribution in [0, 0.1) is 0 Å². The fourth-order valence-electron chi connectivity index (χ4n) is 3.63. The first kappa shape index (κ1) is 24.0. The summed E-state index contributed by atoms with van der Waals surface area (Å²) in [4.78, 5) is 12.8. The molecule has 1 aromatic heterocycles. The van der Waals surface area contributed by atoms with Gasteiger partial charge in [0.2, 0.25) is 15.9 Å². The zero-order chi connectivity index (χ0) is 24.0. The van der Waals surface area contributed by atoms with Gasteiger partial charge in [-0.2, -0.15) is 22.6 Å². The van der Waals surface area contributed by atoms with Gasteiger partial charge in [-0.25, -0.2) is 8.42 Å². The van der Waals surface area contributed by atoms with Crippen LogP contribution >= 0.6 is 11.6 Å². The van der Waals surface area contributed by atoms with Crippen molar-refractivity contribution in [2.75, 3.05) is 31.6 Å². The van der Waals surface area contributed by atoms with Gasteiger partial charge in [0.15, 0.2) is 5.69 Å². The summed E-state index contributed by atoms with van der Waals surface area (Å²) in [5.41, 5.74) is -0.697. The monoisotopic (exact) mass is 506 g/mol. The lowest BCUT2D eigenvalue weighted by atomic mass is 10.2. The summed E-state index contributed by atoms with van der Waals surface area (Å²) in [6.07, 6.45) is -3.38. The Bertz CT molecular complexity index is 1140. The van der Waals surface area contributed by atoms with E-state index in [1.165, 1.54) is 35.5 Å². The van der Waals surface area contributed by atoms with Gasteiger partial charge in [0.1, 0.15) is 6.04 Å². The molecule has 1 unspecified atom stereocenters. The number of carbonyl (C=O) groups is 1. The molecular weight excluding hydrogens is 485 g/mol. The Morgan fingerprint density at radius 1 is 1.21 bits per heavy atom. The first-order valence-corrected chi connectivity index (χ1v) is 12.2. The highest BCUT2D eigenvalue weighted by Gasteiger charge is 2.43. The zero-order valence-electron chi connectivity index (χ0n) is 17.6. The maximum absolute atomic E-state index is 13.3. The predicted octanol–water partition coefficient (Wildman–Crippen LogP) is 3.65. The van der Waals surface area contributed by atoms with Gasteiger partial charge in [-0.05, 0) is 44.0 Å². The molecule has 1 amide bonds. The Balaban J connectivity index is 1.51. The Morgan fingerprint density at radius 3 is 2.36 bits per heavy atom. The van der Waals surface area contributed by atoms with E-state index in [0.717, 1.165) is 4.68 Å². The van der Waals surface area contributed by atoms with E-state index < -0.39 is 38.9 Å². The number of nitrogens with zero attached hydrogens (tertiary/aromatic N) is 3. The second-order valence-electron chi connectivity index (χ2n) is 7.97. The molecule has 1 aromatic carbocycles. The number of anilines is 1. The van der Waals surface area contributed by atoms with Crippen molar-refractivity contribution in [3.63, 3.8) is 0 Å². The molecular formula is C20H22ClF3N4O4S. The third-order valence-electron chi connectivity index (χ3n) is 5.60. The van der Waals surface area contributed by atoms with Crippen LogP contribution < -0.4 is 5.32 Å². The Labute approximate surface area is 193 Å². The lowest BCUT2D eigenvalue weighted by Gasteiger charge is -2.26. The molecule has 1 atom stereocenters. The topological polar surface area (TPSA) is 93.5 Å². The average molecular weight is 507 g/mol. The average Bonchev–Trinajstić information content (AvgIpc) is 3.55. The summed E-state index contributed by atoms with van der Waals surface area (Å²) < 4.78 is 72.8. The van der Waals surface area contributed by atoms with Gasteiger partial charge < -0.3 is 10.1 Å². The summed E-state index contributed by atoms with van der Waals surface area (Å²) in [5.74, 6) is -0.769. The van der Waals surface area contributed by atoms with Crippen LogP contribution in [0.5, 0.6) is 0 Å². The normalized spacial score (nSPS) is 18.8. The van der Waals surface area contributed by atoms with Gasteiger partial charge >= 0.3 is 6.18 Å². The molecule has 2 fully saturated rings. The second-order valence-corrected chi connectivity index (χ2v) is 10.3. The number of hydrogen-bond acceptors (Lipinski definition) is 5. The van der Waals surface area contributed by atoms with E-state index in [-0.39, 0.29) is 29.6 Å². The highest BCUT2D eigenvalue weighted by Crippen LogP contribution is 2.47. The number of nitrogens with one attached hydrogen (secondary N) is 1. The number of alkyl halides is 3. The van der Waals surface area contributed by atoms with E-state index in [2.05, 4.69) is 10.4 Å². The molecule has 1 saturated heterocycles. The highest BCUT2D eigenvalue weighted by atomic mass is 35.5. The van der Waals surface area contributed by atoms with E-state index in [1.54, 1.807) is 0 Å². The van der Waals surface area contributed by atoms with Crippen molar-refractivity contribution in [2.24, 2.45) is 0 Å². The Hall–Kier alpha value is -2.15. The van der Waals surface area contributed by atoms with Gasteiger partial charge in [-0.1, -0.05) is 11.6 Å². The van der Waals surface area contributed by atoms with Crippen LogP contribution in [0.25, 0.3) is 0 Å². The SMILES string of the molecule is CC(C(=O)Nc1ccc(S(=O)(=O)N2CCOCC2)cc1)n1nc(C(F)(F)F)c(Cl)c1C1CC1. The zero-order valence-corrected chi connectivity index (χ0v) is 19.2. The van der Waals surface area contributed by atoms with E-state index in [4.69, 9.17) is 16.3 Å². The van der Waals surface area contributed by atoms with Gasteiger partial charge in [-0.3, -0.25) is 9.48 Å². The van der Waals surface area contributed by atoms with Gasteiger partial charge in [0.05, 0.1) is 28.8 Å². The molecule has 0 radical (unpaired) electrons. The van der Waals surface area contributed by atoms with Crippen LogP contribution in [-0.2, 0) is 25.7 Å². The lowest BCUT2D eigenvalue weighted by Crippen LogP contribution is -2.40. The molecule has 13 heteroatoms. The van der Waals surface area contributed by atoms with E-state index in [0.29, 0.717) is 31.7 Å². The first-order chi connectivity index (χ1) is 15.5. The number of aromatic nitrogens is 2. The fourth-order valence-corrected chi connectivity index (χ4v) is 5.42. The quantitative estimate of drug-likeness (QED) is 0.645. The molecule has 33 heavy (non-hydrogen) atoms. The molecule has 8 nitrogen and oxygen atoms in total. The molecule has 0 bridgehead atoms. The van der Waals surface area contributed by atoms with E-state index >= 15 is 0 Å². The largest absolute Gasteiger partial charge is 0.436 e. The number of halogens is 4. The smallest absolute Gasteiger partial charge is 0.379 e. The molecule has 1 saturated carbocycles. The number of benzene rings is 1. The third-order valence-corrected chi connectivity index (χ3v) is 7.88. The summed E-state index contributed by atoms with van der Waals surface area (Å²) in [6.45, 7) is 2.59. The van der Waals surface area contributed by atoms with Crippen LogP contribution in [0.4, 0.5) is 18.9 Å². The van der Waals surface area contributed by atoms with Crippen molar-refractivity contribution in [2.45, 2.75) is 42.8 Å². The van der Waals surface area contributed by atoms with E-state index in [9.17, 15) is 26.4 Å². The lowest BCUT2D eigenvalue weighted by molar-refractivity contribution is -0.141. The second kappa shape index (κ2) is 8.90. The first-order valence-electron chi connectivity index (χ1n) is 10.3. The van der Waals surface area contributed by atoms with Crippen LogP contribution in [0.15, 0.2) is 29.2 Å². The maximum atomic E-state index is 13.3. The predicted molar refractivity (Wildman–Crippen MR) is 114 cm³/mol. The van der Waals surface area contributed by atoms with Crippen LogP contribution in [0.2, 0.25) is 5.02 Å². The van der Waals surface area contributed by atoms with Crippen molar-refractivity contribution < 1.29 is 31.1 Å². The molecule has 4 rings (SSSR count). The van der Waals surface area contributed by atoms with Crippen molar-refractivity contribution in [1.29, 1.82) is 0 Å². The van der Waals surface area contributed by atoms with Crippen LogP contribution in [0.1, 0.15) is 43.1 Å². The Morgan fingerprint density at radius 2 is 1.82 bits per heavy atom. The number of sulfonamides is 1. The van der Waals surface area contributed by atoms with Crippen LogP contribution in [0.3, 0.4) is 0 Å². The molecule has 1 aliphatic carbocycles. The Kier molecular flexibility index (Phi) is 6.47. The van der Waals surface area contributed by atoms with Gasteiger partial charge in [-0.15, -0.1) is 0 Å². The molecule has 1 N–H and O–H groups in total. The number of amides is 1. The highest BCUT2D eigenvalue weighted by molar-refractivity contribution is 7.89. The molecule has 2 heterocycles. The third kappa shape index (κ3) is 4.88. The van der Waals surface area contributed by atoms with Crippen molar-refractivity contribution in [3.8, 4) is 0 Å². The minimum absolute atomic E-state index is 0.0696. The minimum atomic E-state index is -4.73. The fraction of sp³-hybridized carbons (Fsp3) is 0.500. The molecule has 2 aromatic rings. The summed E-state index contributed by atoms with van der Waals surface area (Å²) >= 11 is 5.98. The molecule has 180 valence electrons. The number of morpholine rings is 1. The van der Waals surface area contributed by atoms with Gasteiger partial charge in [0.25, 0.3) is 0 Å². The molecule has 2 aliphatic rings. The van der Waals surface area contributed by atoms with E-state index in [1.807, 2.05) is 0 Å². The maximum Gasteiger partial charge on any atom is 0.436 e. The summed E-state index contributed by atoms with van der Waals surface area (Å²) in [5, 5.41) is 5.74. The number of rotatable bonds is 6. The summed E-state index contributed by atoms with van der Waals surface area (Å²) in [6, 6.07) is 4.53. The van der Waals surface area contributed by atoms with Gasteiger partial charge in [0, 0.05) is 24.7 Å².